The van der Waals surface area contributed by atoms with Gasteiger partial charge in [0.05, 0.1) is 16.7 Å². The van der Waals surface area contributed by atoms with Crippen molar-refractivity contribution in [1.29, 1.82) is 0 Å². The highest BCUT2D eigenvalue weighted by Crippen LogP contribution is 2.30. The number of nitrogens with one attached hydrogen (secondary N) is 1. The zero-order valence-electron chi connectivity index (χ0n) is 12.3. The van der Waals surface area contributed by atoms with E-state index in [9.17, 15) is 14.9 Å². The number of carbonyl (C=O) groups is 1. The molecule has 1 aromatic carbocycles. The van der Waals surface area contributed by atoms with Crippen LogP contribution in [0.4, 0.5) is 5.69 Å². The van der Waals surface area contributed by atoms with Crippen molar-refractivity contribution in [3.63, 3.8) is 0 Å². The van der Waals surface area contributed by atoms with Crippen LogP contribution in [0.25, 0.3) is 0 Å². The zero-order valence-corrected chi connectivity index (χ0v) is 13.1. The maximum atomic E-state index is 12.2. The quantitative estimate of drug-likeness (QED) is 0.530. The Balaban J connectivity index is 1.64. The zero-order chi connectivity index (χ0) is 16.2. The third-order valence-electron chi connectivity index (χ3n) is 3.79. The third-order valence-corrected chi connectivity index (χ3v) is 4.88. The van der Waals surface area contributed by atoms with E-state index in [1.54, 1.807) is 23.5 Å². The number of carbonyl (C=O) groups excluding carboxylic acids is 1. The van der Waals surface area contributed by atoms with Crippen LogP contribution in [0.3, 0.4) is 0 Å². The van der Waals surface area contributed by atoms with E-state index in [0.717, 1.165) is 24.8 Å². The van der Waals surface area contributed by atoms with E-state index in [1.807, 2.05) is 5.38 Å². The van der Waals surface area contributed by atoms with Crippen molar-refractivity contribution in [3.8, 4) is 0 Å². The molecule has 118 valence electrons. The minimum Gasteiger partial charge on any atom is -0.267 e. The molecule has 0 atom stereocenters. The van der Waals surface area contributed by atoms with Gasteiger partial charge in [0, 0.05) is 22.4 Å². The van der Waals surface area contributed by atoms with E-state index >= 15 is 0 Å². The fraction of sp³-hybridized carbons (Fsp3) is 0.250. The van der Waals surface area contributed by atoms with Crippen molar-refractivity contribution in [2.45, 2.75) is 25.7 Å². The molecule has 1 aromatic heterocycles. The molecule has 0 unspecified atom stereocenters. The van der Waals surface area contributed by atoms with Gasteiger partial charge in [0.2, 0.25) is 0 Å². The highest BCUT2D eigenvalue weighted by molar-refractivity contribution is 7.10. The highest BCUT2D eigenvalue weighted by atomic mass is 32.1. The molecule has 0 spiro atoms. The Morgan fingerprint density at radius 2 is 2.00 bits per heavy atom. The van der Waals surface area contributed by atoms with Crippen LogP contribution in [0.1, 0.15) is 39.2 Å². The summed E-state index contributed by atoms with van der Waals surface area (Å²) in [4.78, 5) is 23.6. The summed E-state index contributed by atoms with van der Waals surface area (Å²) in [7, 11) is 0. The first-order valence-electron chi connectivity index (χ1n) is 7.32. The van der Waals surface area contributed by atoms with Crippen LogP contribution in [0.2, 0.25) is 0 Å². The molecule has 1 amide bonds. The molecule has 1 N–H and O–H groups in total. The van der Waals surface area contributed by atoms with Crippen molar-refractivity contribution in [3.05, 3.63) is 61.3 Å². The minimum absolute atomic E-state index is 0.0242. The molecule has 0 bridgehead atoms. The first kappa shape index (κ1) is 15.4. The number of rotatable bonds is 4. The molecule has 6 nitrogen and oxygen atoms in total. The van der Waals surface area contributed by atoms with Gasteiger partial charge in [0.1, 0.15) is 0 Å². The lowest BCUT2D eigenvalue weighted by molar-refractivity contribution is -0.384. The van der Waals surface area contributed by atoms with Crippen LogP contribution in [-0.4, -0.2) is 17.0 Å². The van der Waals surface area contributed by atoms with Crippen molar-refractivity contribution in [2.24, 2.45) is 5.10 Å². The number of nitro benzene ring substituents is 1. The molecule has 3 rings (SSSR count). The topological polar surface area (TPSA) is 84.6 Å². The van der Waals surface area contributed by atoms with Gasteiger partial charge in [0.25, 0.3) is 11.6 Å². The van der Waals surface area contributed by atoms with Gasteiger partial charge in [-0.1, -0.05) is 0 Å². The van der Waals surface area contributed by atoms with Gasteiger partial charge < -0.3 is 0 Å². The molecule has 0 aliphatic heterocycles. The Hall–Kier alpha value is -2.54. The van der Waals surface area contributed by atoms with Crippen molar-refractivity contribution >= 4 is 29.1 Å². The lowest BCUT2D eigenvalue weighted by Crippen LogP contribution is -2.19. The van der Waals surface area contributed by atoms with Crippen LogP contribution in [0.5, 0.6) is 0 Å². The molecule has 1 heterocycles. The van der Waals surface area contributed by atoms with Crippen LogP contribution >= 0.6 is 11.3 Å². The number of aryl methyl sites for hydroxylation is 1. The van der Waals surface area contributed by atoms with Gasteiger partial charge in [-0.05, 0) is 48.9 Å². The van der Waals surface area contributed by atoms with Crippen molar-refractivity contribution in [2.75, 3.05) is 0 Å². The number of hydrogen-bond donors (Lipinski definition) is 1. The molecule has 7 heteroatoms. The summed E-state index contributed by atoms with van der Waals surface area (Å²) in [5.74, 6) is -0.206. The first-order chi connectivity index (χ1) is 11.1. The summed E-state index contributed by atoms with van der Waals surface area (Å²) < 4.78 is 0. The summed E-state index contributed by atoms with van der Waals surface area (Å²) in [6.07, 6.45) is 5.79. The Kier molecular flexibility index (Phi) is 4.47. The lowest BCUT2D eigenvalue weighted by Gasteiger charge is -2.11. The lowest BCUT2D eigenvalue weighted by atomic mass is 9.96. The third kappa shape index (κ3) is 3.45. The summed E-state index contributed by atoms with van der Waals surface area (Å²) >= 11 is 1.64. The van der Waals surface area contributed by atoms with Gasteiger partial charge in [-0.3, -0.25) is 14.9 Å². The number of fused-ring (bicyclic) bond motifs is 1. The number of nitro groups is 1. The molecule has 0 saturated heterocycles. The van der Waals surface area contributed by atoms with Crippen molar-refractivity contribution < 1.29 is 9.72 Å². The Morgan fingerprint density at radius 1 is 1.26 bits per heavy atom. The van der Waals surface area contributed by atoms with E-state index in [2.05, 4.69) is 10.5 Å². The summed E-state index contributed by atoms with van der Waals surface area (Å²) in [6, 6.07) is 5.97. The van der Waals surface area contributed by atoms with Crippen LogP contribution in [0, 0.1) is 10.1 Å². The van der Waals surface area contributed by atoms with E-state index in [-0.39, 0.29) is 11.6 Å². The Morgan fingerprint density at radius 3 is 2.74 bits per heavy atom. The SMILES string of the molecule is O=C(NN=Cc1ccc([N+](=O)[O-])cc1)c1csc2c1CCCC2. The van der Waals surface area contributed by atoms with E-state index in [0.29, 0.717) is 11.1 Å². The molecule has 1 aliphatic carbocycles. The summed E-state index contributed by atoms with van der Waals surface area (Å²) in [6.45, 7) is 0. The number of amides is 1. The molecule has 2 aromatic rings. The summed E-state index contributed by atoms with van der Waals surface area (Å²) in [5, 5.41) is 16.4. The van der Waals surface area contributed by atoms with E-state index in [4.69, 9.17) is 0 Å². The maximum Gasteiger partial charge on any atom is 0.272 e. The molecule has 0 fully saturated rings. The minimum atomic E-state index is -0.456. The van der Waals surface area contributed by atoms with Gasteiger partial charge in [0.15, 0.2) is 0 Å². The Bertz CT molecular complexity index is 765. The Labute approximate surface area is 137 Å². The van der Waals surface area contributed by atoms with Crippen LogP contribution in [-0.2, 0) is 12.8 Å². The second-order valence-corrected chi connectivity index (χ2v) is 6.27. The second kappa shape index (κ2) is 6.70. The second-order valence-electron chi connectivity index (χ2n) is 5.31. The molecule has 0 radical (unpaired) electrons. The predicted octanol–water partition coefficient (Wildman–Crippen LogP) is 3.30. The average Bonchev–Trinajstić information content (AvgIpc) is 2.99. The van der Waals surface area contributed by atoms with Gasteiger partial charge >= 0.3 is 0 Å². The molecule has 0 saturated carbocycles. The standard InChI is InChI=1S/C16H15N3O3S/c20-16(14-10-23-15-4-2-1-3-13(14)15)18-17-9-11-5-7-12(8-6-11)19(21)22/h5-10H,1-4H2,(H,18,20). The number of hydrogen-bond acceptors (Lipinski definition) is 5. The van der Waals surface area contributed by atoms with E-state index in [1.165, 1.54) is 29.6 Å². The number of non-ortho nitro benzene ring substituents is 1. The average molecular weight is 329 g/mol. The predicted molar refractivity (Wildman–Crippen MR) is 89.1 cm³/mol. The number of nitrogens with zero attached hydrogens (tertiary/aromatic N) is 2. The fourth-order valence-corrected chi connectivity index (χ4v) is 3.72. The molecular formula is C16H15N3O3S. The number of benzene rings is 1. The molecule has 23 heavy (non-hydrogen) atoms. The first-order valence-corrected chi connectivity index (χ1v) is 8.20. The van der Waals surface area contributed by atoms with E-state index < -0.39 is 4.92 Å². The van der Waals surface area contributed by atoms with Gasteiger partial charge in [-0.15, -0.1) is 11.3 Å². The van der Waals surface area contributed by atoms with Crippen LogP contribution < -0.4 is 5.43 Å². The van der Waals surface area contributed by atoms with Gasteiger partial charge in [-0.25, -0.2) is 5.43 Å². The maximum absolute atomic E-state index is 12.2. The number of hydrazone groups is 1. The number of thiophene rings is 1. The highest BCUT2D eigenvalue weighted by Gasteiger charge is 2.19. The fourth-order valence-electron chi connectivity index (χ4n) is 2.59. The molecular weight excluding hydrogens is 314 g/mol. The molecule has 1 aliphatic rings. The monoisotopic (exact) mass is 329 g/mol. The smallest absolute Gasteiger partial charge is 0.267 e. The van der Waals surface area contributed by atoms with Gasteiger partial charge in [-0.2, -0.15) is 5.10 Å². The normalized spacial score (nSPS) is 13.7. The largest absolute Gasteiger partial charge is 0.272 e. The van der Waals surface area contributed by atoms with Crippen LogP contribution in [0.15, 0.2) is 34.7 Å². The van der Waals surface area contributed by atoms with Crippen molar-refractivity contribution in [1.82, 2.24) is 5.43 Å². The summed E-state index contributed by atoms with van der Waals surface area (Å²) in [5.41, 5.74) is 5.10.